The van der Waals surface area contributed by atoms with Crippen molar-refractivity contribution in [2.24, 2.45) is 0 Å². The van der Waals surface area contributed by atoms with Crippen molar-refractivity contribution in [1.29, 1.82) is 0 Å². The van der Waals surface area contributed by atoms with Crippen LogP contribution < -0.4 is 25.4 Å². The van der Waals surface area contributed by atoms with Crippen LogP contribution in [0.5, 0.6) is 5.75 Å². The summed E-state index contributed by atoms with van der Waals surface area (Å²) in [4.78, 5) is 40.9. The normalized spacial score (nSPS) is 17.8. The molecule has 234 valence electrons. The quantitative estimate of drug-likeness (QED) is 0.397. The molecule has 2 aliphatic heterocycles. The molecule has 1 atom stereocenters. The lowest BCUT2D eigenvalue weighted by molar-refractivity contribution is -0.138. The van der Waals surface area contributed by atoms with Crippen LogP contribution in [0.3, 0.4) is 0 Å². The number of benzene rings is 1. The zero-order valence-corrected chi connectivity index (χ0v) is 24.1. The highest BCUT2D eigenvalue weighted by Gasteiger charge is 2.37. The number of rotatable bonds is 6. The number of hydrogen-bond donors (Lipinski definition) is 2. The fourth-order valence-corrected chi connectivity index (χ4v) is 5.29. The van der Waals surface area contributed by atoms with Gasteiger partial charge in [0, 0.05) is 57.1 Å². The fraction of sp³-hybridized carbons (Fsp3) is 0.379. The number of pyridine rings is 1. The van der Waals surface area contributed by atoms with Gasteiger partial charge in [-0.25, -0.2) is 18.7 Å². The molecule has 2 aliphatic rings. The zero-order valence-electron chi connectivity index (χ0n) is 24.1. The van der Waals surface area contributed by atoms with Crippen molar-refractivity contribution < 1.29 is 31.5 Å². The van der Waals surface area contributed by atoms with Crippen molar-refractivity contribution in [2.45, 2.75) is 25.6 Å². The topological polar surface area (TPSA) is 107 Å². The van der Waals surface area contributed by atoms with E-state index in [2.05, 4.69) is 25.2 Å². The third-order valence-electron chi connectivity index (χ3n) is 7.82. The molecular formula is C29H30F5N7O3. The number of hydrogen-bond acceptors (Lipinski definition) is 8. The number of anilines is 3. The molecule has 5 rings (SSSR count). The van der Waals surface area contributed by atoms with Gasteiger partial charge in [-0.05, 0) is 26.0 Å². The monoisotopic (exact) mass is 619 g/mol. The Morgan fingerprint density at radius 2 is 1.84 bits per heavy atom. The highest BCUT2D eigenvalue weighted by atomic mass is 19.4. The minimum atomic E-state index is -5.04. The van der Waals surface area contributed by atoms with E-state index >= 15 is 8.78 Å². The van der Waals surface area contributed by atoms with Gasteiger partial charge in [-0.2, -0.15) is 13.2 Å². The molecule has 0 aliphatic carbocycles. The van der Waals surface area contributed by atoms with E-state index in [1.54, 1.807) is 15.9 Å². The molecule has 0 spiro atoms. The zero-order chi connectivity index (χ0) is 31.8. The molecule has 10 nitrogen and oxygen atoms in total. The summed E-state index contributed by atoms with van der Waals surface area (Å²) in [6.07, 6.45) is 0.573. The number of nitrogens with zero attached hydrogens (tertiary/aromatic N) is 5. The van der Waals surface area contributed by atoms with E-state index in [1.807, 2.05) is 14.0 Å². The molecular weight excluding hydrogens is 589 g/mol. The number of ether oxygens (including phenoxy) is 1. The lowest BCUT2D eigenvalue weighted by atomic mass is 9.97. The minimum absolute atomic E-state index is 0.0122. The summed E-state index contributed by atoms with van der Waals surface area (Å²) < 4.78 is 78.7. The predicted octanol–water partition coefficient (Wildman–Crippen LogP) is 4.16. The Hall–Kier alpha value is -4.53. The molecule has 3 aromatic rings. The maximum atomic E-state index is 16.5. The third kappa shape index (κ3) is 6.23. The molecule has 4 heterocycles. The second kappa shape index (κ2) is 12.2. The minimum Gasteiger partial charge on any atom is -0.494 e. The first-order valence-corrected chi connectivity index (χ1v) is 13.8. The number of alkyl halides is 3. The maximum absolute atomic E-state index is 16.5. The molecule has 15 heteroatoms. The summed E-state index contributed by atoms with van der Waals surface area (Å²) in [5.41, 5.74) is -4.13. The van der Waals surface area contributed by atoms with Crippen molar-refractivity contribution in [3.63, 3.8) is 0 Å². The number of aromatic nitrogens is 3. The summed E-state index contributed by atoms with van der Waals surface area (Å²) in [5.74, 6) is -2.61. The lowest BCUT2D eigenvalue weighted by Gasteiger charge is -2.40. The van der Waals surface area contributed by atoms with Crippen molar-refractivity contribution >= 4 is 28.8 Å². The van der Waals surface area contributed by atoms with Crippen LogP contribution >= 0.6 is 0 Å². The molecule has 2 aromatic heterocycles. The van der Waals surface area contributed by atoms with Crippen LogP contribution in [0.2, 0.25) is 0 Å². The van der Waals surface area contributed by atoms with Crippen LogP contribution in [-0.4, -0.2) is 78.7 Å². The van der Waals surface area contributed by atoms with Crippen LogP contribution in [0.15, 0.2) is 41.6 Å². The highest BCUT2D eigenvalue weighted by molar-refractivity contribution is 6.07. The van der Waals surface area contributed by atoms with Crippen molar-refractivity contribution in [3.8, 4) is 5.75 Å². The number of piperazine rings is 1. The van der Waals surface area contributed by atoms with Crippen LogP contribution in [0, 0.1) is 11.6 Å². The first-order chi connectivity index (χ1) is 20.9. The SMILES string of the molecule is COc1cnc(N2CCC=C(c3c(F)cc(N4CCN(C)C(C)C4)c(NC(=O)c4c[nH]c(=O)cc4C(F)(F)F)c3F)C2)nc1. The summed E-state index contributed by atoms with van der Waals surface area (Å²) in [6, 6.07) is 1.33. The molecule has 44 heavy (non-hydrogen) atoms. The number of halogens is 5. The second-order valence-corrected chi connectivity index (χ2v) is 10.7. The van der Waals surface area contributed by atoms with Gasteiger partial charge in [-0.3, -0.25) is 9.59 Å². The summed E-state index contributed by atoms with van der Waals surface area (Å²) >= 11 is 0. The van der Waals surface area contributed by atoms with Crippen LogP contribution in [0.4, 0.5) is 39.3 Å². The molecule has 0 saturated carbocycles. The second-order valence-electron chi connectivity index (χ2n) is 10.7. The molecule has 1 aromatic carbocycles. The lowest BCUT2D eigenvalue weighted by Crippen LogP contribution is -2.50. The molecule has 2 N–H and O–H groups in total. The standard InChI is InChI=1S/C29H30F5N7O3/c1-16-14-40(8-7-39(16)2)22-10-21(30)24(17-5-4-6-41(15-17)28-36-11-18(44-3)12-37-28)25(31)26(22)38-27(43)19-13-35-23(42)9-20(19)29(32,33)34/h5,9-13,16H,4,6-8,14-15H2,1-3H3,(H,35,42)(H,38,43). The van der Waals surface area contributed by atoms with E-state index in [1.165, 1.54) is 19.5 Å². The van der Waals surface area contributed by atoms with Gasteiger partial charge in [0.1, 0.15) is 11.5 Å². The molecule has 1 saturated heterocycles. The van der Waals surface area contributed by atoms with E-state index in [9.17, 15) is 22.8 Å². The molecule has 0 bridgehead atoms. The summed E-state index contributed by atoms with van der Waals surface area (Å²) in [5, 5.41) is 2.28. The number of H-pyrrole nitrogens is 1. The average molecular weight is 620 g/mol. The Bertz CT molecular complexity index is 1640. The van der Waals surface area contributed by atoms with Gasteiger partial charge in [-0.1, -0.05) is 6.08 Å². The Kier molecular flexibility index (Phi) is 8.59. The number of methoxy groups -OCH3 is 1. The van der Waals surface area contributed by atoms with E-state index in [0.717, 1.165) is 6.07 Å². The van der Waals surface area contributed by atoms with Gasteiger partial charge < -0.3 is 29.7 Å². The largest absolute Gasteiger partial charge is 0.494 e. The molecule has 1 fully saturated rings. The van der Waals surface area contributed by atoms with E-state index in [4.69, 9.17) is 4.74 Å². The Labute approximate surface area is 249 Å². The van der Waals surface area contributed by atoms with Gasteiger partial charge in [0.05, 0.1) is 41.9 Å². The highest BCUT2D eigenvalue weighted by Crippen LogP contribution is 2.39. The summed E-state index contributed by atoms with van der Waals surface area (Å²) in [6.45, 7) is 3.64. The van der Waals surface area contributed by atoms with Gasteiger partial charge in [0.25, 0.3) is 5.91 Å². The Morgan fingerprint density at radius 3 is 2.50 bits per heavy atom. The number of carbonyl (C=O) groups is 1. The predicted molar refractivity (Wildman–Crippen MR) is 154 cm³/mol. The van der Waals surface area contributed by atoms with Gasteiger partial charge in [0.15, 0.2) is 11.6 Å². The smallest absolute Gasteiger partial charge is 0.417 e. The first kappa shape index (κ1) is 30.9. The van der Waals surface area contributed by atoms with Crippen molar-refractivity contribution in [3.05, 3.63) is 75.5 Å². The number of nitrogens with one attached hydrogen (secondary N) is 2. The van der Waals surface area contributed by atoms with E-state index in [-0.39, 0.29) is 29.9 Å². The molecule has 1 amide bonds. The van der Waals surface area contributed by atoms with Gasteiger partial charge in [0.2, 0.25) is 11.5 Å². The average Bonchev–Trinajstić information content (AvgIpc) is 2.99. The Morgan fingerprint density at radius 1 is 1.11 bits per heavy atom. The molecule has 1 unspecified atom stereocenters. The van der Waals surface area contributed by atoms with Crippen LogP contribution in [0.25, 0.3) is 5.57 Å². The number of carbonyl (C=O) groups excluding carboxylic acids is 1. The van der Waals surface area contributed by atoms with Gasteiger partial charge in [-0.15, -0.1) is 0 Å². The third-order valence-corrected chi connectivity index (χ3v) is 7.82. The number of amides is 1. The first-order valence-electron chi connectivity index (χ1n) is 13.8. The van der Waals surface area contributed by atoms with E-state index < -0.39 is 51.7 Å². The van der Waals surface area contributed by atoms with Crippen LogP contribution in [-0.2, 0) is 6.18 Å². The Balaban J connectivity index is 1.57. The molecule has 0 radical (unpaired) electrons. The van der Waals surface area contributed by atoms with Gasteiger partial charge >= 0.3 is 6.18 Å². The van der Waals surface area contributed by atoms with Crippen molar-refractivity contribution in [1.82, 2.24) is 19.9 Å². The fourth-order valence-electron chi connectivity index (χ4n) is 5.29. The summed E-state index contributed by atoms with van der Waals surface area (Å²) in [7, 11) is 3.37. The van der Waals surface area contributed by atoms with Crippen molar-refractivity contribution in [2.75, 3.05) is 62.0 Å². The number of aromatic amines is 1. The van der Waals surface area contributed by atoms with Crippen LogP contribution in [0.1, 0.15) is 34.8 Å². The van der Waals surface area contributed by atoms with E-state index in [0.29, 0.717) is 50.5 Å². The number of likely N-dealkylation sites (N-methyl/N-ethyl adjacent to an activating group) is 1. The maximum Gasteiger partial charge on any atom is 0.417 e.